The molecular weight excluding hydrogens is 281 g/mol. The lowest BCUT2D eigenvalue weighted by Crippen LogP contribution is -2.42. The summed E-state index contributed by atoms with van der Waals surface area (Å²) < 4.78 is 19.4. The van der Waals surface area contributed by atoms with Crippen molar-refractivity contribution in [2.24, 2.45) is 0 Å². The maximum Gasteiger partial charge on any atom is 0.244 e. The van der Waals surface area contributed by atoms with E-state index in [4.69, 9.17) is 16.3 Å². The highest BCUT2D eigenvalue weighted by atomic mass is 35.5. The van der Waals surface area contributed by atoms with Crippen molar-refractivity contribution >= 4 is 23.2 Å². The lowest BCUT2D eigenvalue weighted by molar-refractivity contribution is -0.118. The van der Waals surface area contributed by atoms with E-state index in [9.17, 15) is 9.18 Å². The molecule has 0 bridgehead atoms. The van der Waals surface area contributed by atoms with Crippen molar-refractivity contribution < 1.29 is 13.9 Å². The Morgan fingerprint density at radius 1 is 1.45 bits per heavy atom. The van der Waals surface area contributed by atoms with E-state index in [-0.39, 0.29) is 17.6 Å². The van der Waals surface area contributed by atoms with Crippen molar-refractivity contribution in [2.75, 3.05) is 17.4 Å². The Morgan fingerprint density at radius 2 is 2.10 bits per heavy atom. The molecule has 112 valence electrons. The first-order valence-electron chi connectivity index (χ1n) is 6.69. The van der Waals surface area contributed by atoms with Crippen LogP contribution in [-0.4, -0.2) is 24.6 Å². The number of carbonyl (C=O) groups excluding carboxylic acids is 1. The SMILES string of the molecule is CCCOC(C)N(C(=O)CCl)c1c(C)ccc(F)c1C. The minimum atomic E-state index is -0.486. The summed E-state index contributed by atoms with van der Waals surface area (Å²) in [5.74, 6) is -0.817. The fraction of sp³-hybridized carbons (Fsp3) is 0.533. The summed E-state index contributed by atoms with van der Waals surface area (Å²) in [5.41, 5.74) is 1.78. The number of ether oxygens (including phenoxy) is 1. The molecule has 0 radical (unpaired) electrons. The van der Waals surface area contributed by atoms with E-state index in [0.29, 0.717) is 17.9 Å². The predicted octanol–water partition coefficient (Wildman–Crippen LogP) is 3.79. The zero-order chi connectivity index (χ0) is 15.3. The average Bonchev–Trinajstić information content (AvgIpc) is 2.44. The van der Waals surface area contributed by atoms with E-state index in [0.717, 1.165) is 12.0 Å². The highest BCUT2D eigenvalue weighted by Gasteiger charge is 2.25. The van der Waals surface area contributed by atoms with Gasteiger partial charge in [0, 0.05) is 12.2 Å². The van der Waals surface area contributed by atoms with Crippen LogP contribution in [0.15, 0.2) is 12.1 Å². The number of aryl methyl sites for hydroxylation is 1. The molecule has 0 aliphatic heterocycles. The Bertz CT molecular complexity index is 479. The summed E-state index contributed by atoms with van der Waals surface area (Å²) in [5, 5.41) is 0. The number of anilines is 1. The lowest BCUT2D eigenvalue weighted by atomic mass is 10.1. The van der Waals surface area contributed by atoms with Crippen molar-refractivity contribution in [1.82, 2.24) is 0 Å². The van der Waals surface area contributed by atoms with Crippen molar-refractivity contribution in [3.63, 3.8) is 0 Å². The average molecular weight is 302 g/mol. The van der Waals surface area contributed by atoms with Gasteiger partial charge in [-0.05, 0) is 38.8 Å². The number of alkyl halides is 1. The molecule has 0 aromatic heterocycles. The summed E-state index contributed by atoms with van der Waals surface area (Å²) in [7, 11) is 0. The summed E-state index contributed by atoms with van der Waals surface area (Å²) in [6, 6.07) is 3.05. The van der Waals surface area contributed by atoms with Gasteiger partial charge in [-0.1, -0.05) is 13.0 Å². The fourth-order valence-corrected chi connectivity index (χ4v) is 2.25. The topological polar surface area (TPSA) is 29.5 Å². The van der Waals surface area contributed by atoms with Gasteiger partial charge in [0.2, 0.25) is 5.91 Å². The van der Waals surface area contributed by atoms with Crippen molar-refractivity contribution in [3.05, 3.63) is 29.1 Å². The maximum atomic E-state index is 13.8. The van der Waals surface area contributed by atoms with Crippen molar-refractivity contribution in [2.45, 2.75) is 40.3 Å². The van der Waals surface area contributed by atoms with E-state index in [2.05, 4.69) is 0 Å². The molecule has 0 N–H and O–H groups in total. The van der Waals surface area contributed by atoms with E-state index in [1.54, 1.807) is 19.9 Å². The second-order valence-electron chi connectivity index (χ2n) is 4.71. The summed E-state index contributed by atoms with van der Waals surface area (Å²) in [6.07, 6.45) is 0.356. The molecule has 0 aliphatic carbocycles. The van der Waals surface area contributed by atoms with Gasteiger partial charge in [0.25, 0.3) is 0 Å². The molecule has 1 aromatic carbocycles. The third-order valence-electron chi connectivity index (χ3n) is 3.12. The molecule has 0 spiro atoms. The van der Waals surface area contributed by atoms with Gasteiger partial charge in [0.1, 0.15) is 17.9 Å². The molecular formula is C15H21ClFNO2. The standard InChI is InChI=1S/C15H21ClFNO2/c1-5-8-20-12(4)18(14(19)9-16)15-10(2)6-7-13(17)11(15)3/h6-7,12H,5,8-9H2,1-4H3. The zero-order valence-electron chi connectivity index (χ0n) is 12.4. The Kier molecular flexibility index (Phi) is 6.43. The van der Waals surface area contributed by atoms with Crippen LogP contribution in [-0.2, 0) is 9.53 Å². The highest BCUT2D eigenvalue weighted by Crippen LogP contribution is 2.29. The van der Waals surface area contributed by atoms with Gasteiger partial charge in [-0.25, -0.2) is 4.39 Å². The monoisotopic (exact) mass is 301 g/mol. The van der Waals surface area contributed by atoms with Gasteiger partial charge in [-0.2, -0.15) is 0 Å². The van der Waals surface area contributed by atoms with Crippen LogP contribution in [0.2, 0.25) is 0 Å². The number of nitrogens with zero attached hydrogens (tertiary/aromatic N) is 1. The van der Waals surface area contributed by atoms with Crippen LogP contribution in [0.3, 0.4) is 0 Å². The number of halogens is 2. The molecule has 0 fully saturated rings. The van der Waals surface area contributed by atoms with Crippen molar-refractivity contribution in [3.8, 4) is 0 Å². The third-order valence-corrected chi connectivity index (χ3v) is 3.35. The molecule has 0 aliphatic rings. The molecule has 5 heteroatoms. The summed E-state index contributed by atoms with van der Waals surface area (Å²) in [6.45, 7) is 7.77. The Hall–Kier alpha value is -1.13. The van der Waals surface area contributed by atoms with Gasteiger partial charge >= 0.3 is 0 Å². The highest BCUT2D eigenvalue weighted by molar-refractivity contribution is 6.29. The molecule has 3 nitrogen and oxygen atoms in total. The van der Waals surface area contributed by atoms with Crippen LogP contribution in [0.5, 0.6) is 0 Å². The summed E-state index contributed by atoms with van der Waals surface area (Å²) >= 11 is 5.68. The quantitative estimate of drug-likeness (QED) is 0.591. The number of amides is 1. The summed E-state index contributed by atoms with van der Waals surface area (Å²) in [4.78, 5) is 13.6. The number of hydrogen-bond acceptors (Lipinski definition) is 2. The molecule has 1 unspecified atom stereocenters. The van der Waals surface area contributed by atoms with E-state index in [1.807, 2.05) is 13.8 Å². The second-order valence-corrected chi connectivity index (χ2v) is 4.97. The number of hydrogen-bond donors (Lipinski definition) is 0. The van der Waals surface area contributed by atoms with Crippen molar-refractivity contribution in [1.29, 1.82) is 0 Å². The normalized spacial score (nSPS) is 12.3. The van der Waals surface area contributed by atoms with Crippen LogP contribution >= 0.6 is 11.6 Å². The minimum Gasteiger partial charge on any atom is -0.358 e. The van der Waals surface area contributed by atoms with Gasteiger partial charge in [-0.15, -0.1) is 11.6 Å². The number of carbonyl (C=O) groups is 1. The fourth-order valence-electron chi connectivity index (χ4n) is 2.12. The first-order valence-corrected chi connectivity index (χ1v) is 7.22. The molecule has 1 rings (SSSR count). The van der Waals surface area contributed by atoms with Gasteiger partial charge in [0.15, 0.2) is 0 Å². The molecule has 1 amide bonds. The Labute approximate surface area is 124 Å². The second kappa shape index (κ2) is 7.60. The van der Waals surface area contributed by atoms with Gasteiger partial charge in [0.05, 0.1) is 5.69 Å². The smallest absolute Gasteiger partial charge is 0.244 e. The van der Waals surface area contributed by atoms with Crippen LogP contribution in [0.25, 0.3) is 0 Å². The van der Waals surface area contributed by atoms with Gasteiger partial charge in [-0.3, -0.25) is 9.69 Å². The first-order chi connectivity index (χ1) is 9.43. The van der Waals surface area contributed by atoms with Crippen LogP contribution in [0.4, 0.5) is 10.1 Å². The van der Waals surface area contributed by atoms with Crippen LogP contribution < -0.4 is 4.90 Å². The Morgan fingerprint density at radius 3 is 2.65 bits per heavy atom. The van der Waals surface area contributed by atoms with Crippen LogP contribution in [0, 0.1) is 19.7 Å². The molecule has 20 heavy (non-hydrogen) atoms. The Balaban J connectivity index is 3.24. The van der Waals surface area contributed by atoms with Crippen LogP contribution in [0.1, 0.15) is 31.4 Å². The maximum absolute atomic E-state index is 13.8. The predicted molar refractivity (Wildman–Crippen MR) is 79.8 cm³/mol. The molecule has 0 heterocycles. The minimum absolute atomic E-state index is 0.171. The third kappa shape index (κ3) is 3.70. The largest absolute Gasteiger partial charge is 0.358 e. The van der Waals surface area contributed by atoms with E-state index < -0.39 is 6.23 Å². The zero-order valence-corrected chi connectivity index (χ0v) is 13.1. The molecule has 1 atom stereocenters. The lowest BCUT2D eigenvalue weighted by Gasteiger charge is -2.31. The van der Waals surface area contributed by atoms with E-state index in [1.165, 1.54) is 11.0 Å². The first kappa shape index (κ1) is 16.9. The molecule has 1 aromatic rings. The molecule has 0 saturated carbocycles. The molecule has 0 saturated heterocycles. The van der Waals surface area contributed by atoms with Gasteiger partial charge < -0.3 is 4.74 Å². The van der Waals surface area contributed by atoms with E-state index >= 15 is 0 Å². The number of rotatable bonds is 6. The number of benzene rings is 1.